The predicted octanol–water partition coefficient (Wildman–Crippen LogP) is 3.01. The molecule has 0 aliphatic carbocycles. The van der Waals surface area contributed by atoms with Crippen LogP contribution in [0.5, 0.6) is 0 Å². The van der Waals surface area contributed by atoms with E-state index >= 15 is 0 Å². The Morgan fingerprint density at radius 1 is 1.09 bits per heavy atom. The van der Waals surface area contributed by atoms with E-state index in [2.05, 4.69) is 10.3 Å². The van der Waals surface area contributed by atoms with Gasteiger partial charge in [-0.3, -0.25) is 9.78 Å². The van der Waals surface area contributed by atoms with Crippen molar-refractivity contribution in [3.05, 3.63) is 71.9 Å². The standard InChI is InChI=1S/C24H27N3O4S/c1-17-15-27(16-18(2)31-17)32(29,30)22-10-4-8-21(14-22)24(28)26-13-11-20-7-3-6-19-9-5-12-25-23(19)20/h3-10,12,14,17-18H,11,13,15-16H2,1-2H3,(H,26,28). The molecule has 168 valence electrons. The van der Waals surface area contributed by atoms with Gasteiger partial charge in [-0.15, -0.1) is 0 Å². The molecular formula is C24H27N3O4S. The molecule has 0 saturated carbocycles. The number of para-hydroxylation sites is 1. The molecule has 2 atom stereocenters. The summed E-state index contributed by atoms with van der Waals surface area (Å²) < 4.78 is 33.3. The van der Waals surface area contributed by atoms with Crippen LogP contribution >= 0.6 is 0 Å². The number of aromatic nitrogens is 1. The van der Waals surface area contributed by atoms with Crippen LogP contribution < -0.4 is 5.32 Å². The highest BCUT2D eigenvalue weighted by Gasteiger charge is 2.32. The van der Waals surface area contributed by atoms with E-state index in [1.165, 1.54) is 16.4 Å². The number of amides is 1. The van der Waals surface area contributed by atoms with Gasteiger partial charge >= 0.3 is 0 Å². The Morgan fingerprint density at radius 3 is 2.59 bits per heavy atom. The number of nitrogens with zero attached hydrogens (tertiary/aromatic N) is 2. The summed E-state index contributed by atoms with van der Waals surface area (Å²) in [7, 11) is -3.71. The van der Waals surface area contributed by atoms with Crippen LogP contribution in [-0.2, 0) is 21.2 Å². The summed E-state index contributed by atoms with van der Waals surface area (Å²) in [6.45, 7) is 4.72. The number of rotatable bonds is 6. The molecule has 3 aromatic rings. The van der Waals surface area contributed by atoms with E-state index in [0.717, 1.165) is 16.5 Å². The van der Waals surface area contributed by atoms with Crippen molar-refractivity contribution in [2.75, 3.05) is 19.6 Å². The lowest BCUT2D eigenvalue weighted by molar-refractivity contribution is -0.0440. The molecule has 0 radical (unpaired) electrons. The maximum absolute atomic E-state index is 13.1. The zero-order chi connectivity index (χ0) is 22.7. The van der Waals surface area contributed by atoms with E-state index in [9.17, 15) is 13.2 Å². The van der Waals surface area contributed by atoms with Crippen molar-refractivity contribution >= 4 is 26.8 Å². The number of benzene rings is 2. The highest BCUT2D eigenvalue weighted by molar-refractivity contribution is 7.89. The van der Waals surface area contributed by atoms with Crippen molar-refractivity contribution in [2.45, 2.75) is 37.4 Å². The van der Waals surface area contributed by atoms with Crippen LogP contribution in [0.1, 0.15) is 29.8 Å². The summed E-state index contributed by atoms with van der Waals surface area (Å²) in [5.74, 6) is -0.307. The van der Waals surface area contributed by atoms with Crippen molar-refractivity contribution in [2.24, 2.45) is 0 Å². The number of morpholine rings is 1. The van der Waals surface area contributed by atoms with Crippen molar-refractivity contribution in [3.8, 4) is 0 Å². The number of hydrogen-bond donors (Lipinski definition) is 1. The zero-order valence-corrected chi connectivity index (χ0v) is 19.0. The van der Waals surface area contributed by atoms with Gasteiger partial charge < -0.3 is 10.1 Å². The third-order valence-electron chi connectivity index (χ3n) is 5.52. The number of nitrogens with one attached hydrogen (secondary N) is 1. The molecule has 1 amide bonds. The molecule has 1 N–H and O–H groups in total. The van der Waals surface area contributed by atoms with Gasteiger partial charge in [-0.05, 0) is 50.1 Å². The quantitative estimate of drug-likeness (QED) is 0.620. The summed E-state index contributed by atoms with van der Waals surface area (Å²) in [6, 6.07) is 16.1. The number of pyridine rings is 1. The van der Waals surface area contributed by atoms with Gasteiger partial charge in [-0.25, -0.2) is 8.42 Å². The van der Waals surface area contributed by atoms with E-state index < -0.39 is 10.0 Å². The van der Waals surface area contributed by atoms with Crippen LogP contribution in [-0.4, -0.2) is 55.5 Å². The normalized spacial score (nSPS) is 19.7. The summed E-state index contributed by atoms with van der Waals surface area (Å²) in [5, 5.41) is 3.95. The van der Waals surface area contributed by atoms with E-state index in [-0.39, 0.29) is 23.0 Å². The lowest BCUT2D eigenvalue weighted by atomic mass is 10.1. The Kier molecular flexibility index (Phi) is 6.55. The van der Waals surface area contributed by atoms with Crippen LogP contribution in [0.15, 0.2) is 65.7 Å². The molecule has 8 heteroatoms. The van der Waals surface area contributed by atoms with Crippen LogP contribution in [0.4, 0.5) is 0 Å². The fourth-order valence-electron chi connectivity index (χ4n) is 4.06. The highest BCUT2D eigenvalue weighted by atomic mass is 32.2. The average Bonchev–Trinajstić information content (AvgIpc) is 2.78. The summed E-state index contributed by atoms with van der Waals surface area (Å²) in [5.41, 5.74) is 2.29. The number of carbonyl (C=O) groups excluding carboxylic acids is 1. The second-order valence-corrected chi connectivity index (χ2v) is 10.0. The number of sulfonamides is 1. The summed E-state index contributed by atoms with van der Waals surface area (Å²) in [4.78, 5) is 17.3. The maximum Gasteiger partial charge on any atom is 0.251 e. The van der Waals surface area contributed by atoms with Crippen molar-refractivity contribution < 1.29 is 17.9 Å². The first-order valence-electron chi connectivity index (χ1n) is 10.7. The van der Waals surface area contributed by atoms with Crippen molar-refractivity contribution in [3.63, 3.8) is 0 Å². The second-order valence-electron chi connectivity index (χ2n) is 8.11. The topological polar surface area (TPSA) is 88.6 Å². The molecule has 0 spiro atoms. The monoisotopic (exact) mass is 453 g/mol. The average molecular weight is 454 g/mol. The fourth-order valence-corrected chi connectivity index (χ4v) is 5.69. The molecule has 1 saturated heterocycles. The lowest BCUT2D eigenvalue weighted by Crippen LogP contribution is -2.48. The largest absolute Gasteiger partial charge is 0.373 e. The second kappa shape index (κ2) is 9.36. The van der Waals surface area contributed by atoms with Gasteiger partial charge in [0.25, 0.3) is 5.91 Å². The molecule has 2 unspecified atom stereocenters. The Balaban J connectivity index is 1.44. The van der Waals surface area contributed by atoms with E-state index in [1.54, 1.807) is 18.3 Å². The third-order valence-corrected chi connectivity index (χ3v) is 7.34. The van der Waals surface area contributed by atoms with Crippen LogP contribution in [0.2, 0.25) is 0 Å². The zero-order valence-electron chi connectivity index (χ0n) is 18.2. The SMILES string of the molecule is CC1CN(S(=O)(=O)c2cccc(C(=O)NCCc3cccc4cccnc34)c2)CC(C)O1. The van der Waals surface area contributed by atoms with Gasteiger partial charge in [0.15, 0.2) is 0 Å². The maximum atomic E-state index is 13.1. The van der Waals surface area contributed by atoms with Gasteiger partial charge in [0.1, 0.15) is 0 Å². The minimum Gasteiger partial charge on any atom is -0.373 e. The first kappa shape index (κ1) is 22.4. The minimum atomic E-state index is -3.71. The van der Waals surface area contributed by atoms with Crippen LogP contribution in [0.3, 0.4) is 0 Å². The first-order valence-corrected chi connectivity index (χ1v) is 12.1. The smallest absolute Gasteiger partial charge is 0.251 e. The molecule has 0 bridgehead atoms. The van der Waals surface area contributed by atoms with Gasteiger partial charge in [-0.2, -0.15) is 4.31 Å². The highest BCUT2D eigenvalue weighted by Crippen LogP contribution is 2.22. The fraction of sp³-hybridized carbons (Fsp3) is 0.333. The predicted molar refractivity (Wildman–Crippen MR) is 123 cm³/mol. The molecule has 1 fully saturated rings. The Labute approximate surface area is 188 Å². The Morgan fingerprint density at radius 2 is 1.81 bits per heavy atom. The molecule has 2 aromatic carbocycles. The molecule has 2 heterocycles. The molecule has 1 aromatic heterocycles. The van der Waals surface area contributed by atoms with E-state index in [4.69, 9.17) is 4.74 Å². The molecule has 32 heavy (non-hydrogen) atoms. The molecule has 1 aliphatic rings. The van der Waals surface area contributed by atoms with Crippen molar-refractivity contribution in [1.29, 1.82) is 0 Å². The molecular weight excluding hydrogens is 426 g/mol. The first-order chi connectivity index (χ1) is 15.3. The third kappa shape index (κ3) is 4.82. The van der Waals surface area contributed by atoms with Crippen molar-refractivity contribution in [1.82, 2.24) is 14.6 Å². The molecule has 1 aliphatic heterocycles. The van der Waals surface area contributed by atoms with Crippen LogP contribution in [0, 0.1) is 0 Å². The van der Waals surface area contributed by atoms with Gasteiger partial charge in [0.05, 0.1) is 22.6 Å². The van der Waals surface area contributed by atoms with E-state index in [1.807, 2.05) is 44.2 Å². The number of hydrogen-bond acceptors (Lipinski definition) is 5. The van der Waals surface area contributed by atoms with Gasteiger partial charge in [0.2, 0.25) is 10.0 Å². The summed E-state index contributed by atoms with van der Waals surface area (Å²) >= 11 is 0. The Bertz CT molecular complexity index is 1210. The molecule has 7 nitrogen and oxygen atoms in total. The lowest BCUT2D eigenvalue weighted by Gasteiger charge is -2.34. The van der Waals surface area contributed by atoms with E-state index in [0.29, 0.717) is 31.6 Å². The molecule has 4 rings (SSSR count). The van der Waals surface area contributed by atoms with Gasteiger partial charge in [0, 0.05) is 36.8 Å². The minimum absolute atomic E-state index is 0.115. The number of carbonyl (C=O) groups is 1. The van der Waals surface area contributed by atoms with Gasteiger partial charge in [-0.1, -0.05) is 30.3 Å². The van der Waals surface area contributed by atoms with Crippen LogP contribution in [0.25, 0.3) is 10.9 Å². The summed E-state index contributed by atoms with van der Waals surface area (Å²) in [6.07, 6.45) is 2.03. The Hall–Kier alpha value is -2.81. The number of ether oxygens (including phenoxy) is 1. The number of fused-ring (bicyclic) bond motifs is 1.